The van der Waals surface area contributed by atoms with Crippen molar-refractivity contribution in [2.45, 2.75) is 26.9 Å². The van der Waals surface area contributed by atoms with Crippen LogP contribution in [0.1, 0.15) is 25.8 Å². The second-order valence-electron chi connectivity index (χ2n) is 4.10. The lowest BCUT2D eigenvalue weighted by molar-refractivity contribution is 0.148. The summed E-state index contributed by atoms with van der Waals surface area (Å²) in [5.74, 6) is 0.732. The van der Waals surface area contributed by atoms with Crippen LogP contribution in [0.15, 0.2) is 42.5 Å². The van der Waals surface area contributed by atoms with Crippen LogP contribution < -0.4 is 0 Å². The average molecular weight is 204 g/mol. The molecule has 0 radical (unpaired) electrons. The van der Waals surface area contributed by atoms with Crippen molar-refractivity contribution in [1.82, 2.24) is 0 Å². The van der Waals surface area contributed by atoms with Gasteiger partial charge in [-0.05, 0) is 17.9 Å². The number of hydrogen-bond donors (Lipinski definition) is 0. The van der Waals surface area contributed by atoms with Crippen molar-refractivity contribution in [2.75, 3.05) is 6.61 Å². The molecule has 0 spiro atoms. The first-order chi connectivity index (χ1) is 7.29. The lowest BCUT2D eigenvalue weighted by Gasteiger charge is -2.01. The van der Waals surface area contributed by atoms with Gasteiger partial charge in [-0.2, -0.15) is 0 Å². The highest BCUT2D eigenvalue weighted by molar-refractivity contribution is 5.13. The fourth-order valence-electron chi connectivity index (χ4n) is 1.26. The van der Waals surface area contributed by atoms with Crippen molar-refractivity contribution in [3.05, 3.63) is 48.0 Å². The van der Waals surface area contributed by atoms with Gasteiger partial charge in [-0.25, -0.2) is 0 Å². The van der Waals surface area contributed by atoms with Crippen LogP contribution in [0.5, 0.6) is 0 Å². The second-order valence-corrected chi connectivity index (χ2v) is 4.10. The molecule has 0 atom stereocenters. The largest absolute Gasteiger partial charge is 0.373 e. The van der Waals surface area contributed by atoms with E-state index in [-0.39, 0.29) is 0 Å². The van der Waals surface area contributed by atoms with Crippen LogP contribution in [0.3, 0.4) is 0 Å². The van der Waals surface area contributed by atoms with E-state index in [1.165, 1.54) is 5.56 Å². The van der Waals surface area contributed by atoms with Crippen molar-refractivity contribution < 1.29 is 4.74 Å². The van der Waals surface area contributed by atoms with Gasteiger partial charge in [0.05, 0.1) is 13.2 Å². The molecule has 0 fully saturated rings. The molecule has 1 rings (SSSR count). The van der Waals surface area contributed by atoms with E-state index < -0.39 is 0 Å². The number of allylic oxidation sites excluding steroid dienone is 1. The van der Waals surface area contributed by atoms with E-state index >= 15 is 0 Å². The molecule has 1 aromatic carbocycles. The van der Waals surface area contributed by atoms with Gasteiger partial charge in [0.1, 0.15) is 0 Å². The Morgan fingerprint density at radius 3 is 2.53 bits per heavy atom. The SMILES string of the molecule is CC(C)C/C=C/COCc1ccccc1. The van der Waals surface area contributed by atoms with Gasteiger partial charge in [0.15, 0.2) is 0 Å². The van der Waals surface area contributed by atoms with E-state index in [4.69, 9.17) is 4.74 Å². The van der Waals surface area contributed by atoms with E-state index in [1.54, 1.807) is 0 Å². The van der Waals surface area contributed by atoms with E-state index in [0.717, 1.165) is 12.3 Å². The van der Waals surface area contributed by atoms with Gasteiger partial charge in [0.25, 0.3) is 0 Å². The molecule has 0 unspecified atom stereocenters. The van der Waals surface area contributed by atoms with Crippen molar-refractivity contribution in [2.24, 2.45) is 5.92 Å². The van der Waals surface area contributed by atoms with Gasteiger partial charge in [-0.1, -0.05) is 56.3 Å². The van der Waals surface area contributed by atoms with Crippen LogP contribution in [0.4, 0.5) is 0 Å². The smallest absolute Gasteiger partial charge is 0.0721 e. The molecular weight excluding hydrogens is 184 g/mol. The Kier molecular flexibility index (Phi) is 5.79. The third-order valence-corrected chi connectivity index (χ3v) is 2.10. The van der Waals surface area contributed by atoms with Gasteiger partial charge in [0.2, 0.25) is 0 Å². The molecule has 1 heteroatoms. The van der Waals surface area contributed by atoms with Crippen molar-refractivity contribution >= 4 is 0 Å². The molecule has 1 nitrogen and oxygen atoms in total. The predicted octanol–water partition coefficient (Wildman–Crippen LogP) is 3.81. The molecule has 0 bridgehead atoms. The first-order valence-corrected chi connectivity index (χ1v) is 5.55. The summed E-state index contributed by atoms with van der Waals surface area (Å²) in [6.07, 6.45) is 5.42. The summed E-state index contributed by atoms with van der Waals surface area (Å²) in [4.78, 5) is 0. The van der Waals surface area contributed by atoms with Gasteiger partial charge in [0, 0.05) is 0 Å². The van der Waals surface area contributed by atoms with Crippen LogP contribution in [-0.2, 0) is 11.3 Å². The first kappa shape index (κ1) is 12.0. The standard InChI is InChI=1S/C14H20O/c1-13(2)8-6-7-11-15-12-14-9-4-3-5-10-14/h3-7,9-10,13H,8,11-12H2,1-2H3/b7-6+. The van der Waals surface area contributed by atoms with Crippen LogP contribution in [-0.4, -0.2) is 6.61 Å². The molecule has 0 aliphatic carbocycles. The Balaban J connectivity index is 2.10. The predicted molar refractivity (Wildman–Crippen MR) is 64.7 cm³/mol. The number of hydrogen-bond acceptors (Lipinski definition) is 1. The van der Waals surface area contributed by atoms with E-state index in [0.29, 0.717) is 13.2 Å². The zero-order valence-corrected chi connectivity index (χ0v) is 9.65. The third-order valence-electron chi connectivity index (χ3n) is 2.10. The number of benzene rings is 1. The molecule has 0 saturated carbocycles. The molecule has 15 heavy (non-hydrogen) atoms. The fourth-order valence-corrected chi connectivity index (χ4v) is 1.26. The molecule has 0 aliphatic rings. The molecule has 82 valence electrons. The Morgan fingerprint density at radius 2 is 1.87 bits per heavy atom. The number of rotatable bonds is 6. The zero-order chi connectivity index (χ0) is 10.9. The average Bonchev–Trinajstić information content (AvgIpc) is 2.24. The summed E-state index contributed by atoms with van der Waals surface area (Å²) in [6.45, 7) is 5.85. The molecule has 0 aromatic heterocycles. The van der Waals surface area contributed by atoms with Gasteiger partial charge >= 0.3 is 0 Å². The van der Waals surface area contributed by atoms with Crippen LogP contribution in [0, 0.1) is 5.92 Å². The maximum atomic E-state index is 5.51. The summed E-state index contributed by atoms with van der Waals surface area (Å²) >= 11 is 0. The highest BCUT2D eigenvalue weighted by Crippen LogP contribution is 2.02. The Labute approximate surface area is 92.8 Å². The lowest BCUT2D eigenvalue weighted by Crippen LogP contribution is -1.92. The minimum absolute atomic E-state index is 0.701. The highest BCUT2D eigenvalue weighted by atomic mass is 16.5. The van der Waals surface area contributed by atoms with Crippen molar-refractivity contribution in [1.29, 1.82) is 0 Å². The van der Waals surface area contributed by atoms with Crippen LogP contribution in [0.25, 0.3) is 0 Å². The molecule has 0 saturated heterocycles. The summed E-state index contributed by atoms with van der Waals surface area (Å²) in [7, 11) is 0. The minimum atomic E-state index is 0.701. The maximum absolute atomic E-state index is 5.51. The lowest BCUT2D eigenvalue weighted by atomic mass is 10.1. The van der Waals surface area contributed by atoms with E-state index in [1.807, 2.05) is 18.2 Å². The van der Waals surface area contributed by atoms with Gasteiger partial charge < -0.3 is 4.74 Å². The Bertz CT molecular complexity index is 275. The molecule has 0 aliphatic heterocycles. The van der Waals surface area contributed by atoms with Crippen molar-refractivity contribution in [3.63, 3.8) is 0 Å². The molecule has 0 heterocycles. The van der Waals surface area contributed by atoms with E-state index in [2.05, 4.69) is 38.1 Å². The minimum Gasteiger partial charge on any atom is -0.373 e. The quantitative estimate of drug-likeness (QED) is 0.506. The monoisotopic (exact) mass is 204 g/mol. The maximum Gasteiger partial charge on any atom is 0.0721 e. The molecule has 0 amide bonds. The van der Waals surface area contributed by atoms with Gasteiger partial charge in [-0.3, -0.25) is 0 Å². The van der Waals surface area contributed by atoms with E-state index in [9.17, 15) is 0 Å². The summed E-state index contributed by atoms with van der Waals surface area (Å²) in [6, 6.07) is 10.3. The first-order valence-electron chi connectivity index (χ1n) is 5.55. The Morgan fingerprint density at radius 1 is 1.13 bits per heavy atom. The second kappa shape index (κ2) is 7.24. The van der Waals surface area contributed by atoms with Crippen molar-refractivity contribution in [3.8, 4) is 0 Å². The number of ether oxygens (including phenoxy) is 1. The van der Waals surface area contributed by atoms with Gasteiger partial charge in [-0.15, -0.1) is 0 Å². The fraction of sp³-hybridized carbons (Fsp3) is 0.429. The summed E-state index contributed by atoms with van der Waals surface area (Å²) < 4.78 is 5.51. The molecular formula is C14H20O. The van der Waals surface area contributed by atoms with Crippen LogP contribution >= 0.6 is 0 Å². The van der Waals surface area contributed by atoms with Crippen LogP contribution in [0.2, 0.25) is 0 Å². The Hall–Kier alpha value is -1.08. The summed E-state index contributed by atoms with van der Waals surface area (Å²) in [5, 5.41) is 0. The topological polar surface area (TPSA) is 9.23 Å². The third kappa shape index (κ3) is 6.08. The highest BCUT2D eigenvalue weighted by Gasteiger charge is 1.90. The summed E-state index contributed by atoms with van der Waals surface area (Å²) in [5.41, 5.74) is 1.23. The molecule has 0 N–H and O–H groups in total. The molecule has 1 aromatic rings. The zero-order valence-electron chi connectivity index (χ0n) is 9.65. The normalized spacial score (nSPS) is 11.4.